The molecule has 0 aromatic heterocycles. The molecule has 2 fully saturated rings. The van der Waals surface area contributed by atoms with Gasteiger partial charge in [-0.3, -0.25) is 4.90 Å². The van der Waals surface area contributed by atoms with E-state index in [2.05, 4.69) is 37.9 Å². The molecule has 3 nitrogen and oxygen atoms in total. The minimum atomic E-state index is 0.187. The summed E-state index contributed by atoms with van der Waals surface area (Å²) in [7, 11) is 0. The summed E-state index contributed by atoms with van der Waals surface area (Å²) >= 11 is 0. The molecule has 0 spiro atoms. The normalized spacial score (nSPS) is 36.3. The van der Waals surface area contributed by atoms with Gasteiger partial charge in [-0.2, -0.15) is 0 Å². The smallest absolute Gasteiger partial charge is 0.0645 e. The number of hydrogen-bond donors (Lipinski definition) is 1. The predicted octanol–water partition coefficient (Wildman–Crippen LogP) is 2.65. The SMILES string of the molecule is CCCNC1CCC(C)CC1N1CCOCC1(C)C. The molecule has 2 aliphatic rings. The summed E-state index contributed by atoms with van der Waals surface area (Å²) in [6.07, 6.45) is 5.28. The van der Waals surface area contributed by atoms with Crippen molar-refractivity contribution in [2.75, 3.05) is 26.3 Å². The molecule has 0 bridgehead atoms. The van der Waals surface area contributed by atoms with Crippen LogP contribution >= 0.6 is 0 Å². The fourth-order valence-electron chi connectivity index (χ4n) is 3.75. The lowest BCUT2D eigenvalue weighted by molar-refractivity contribution is -0.0876. The third-order valence-corrected chi connectivity index (χ3v) is 4.84. The molecule has 1 saturated carbocycles. The van der Waals surface area contributed by atoms with Crippen LogP contribution in [0.2, 0.25) is 0 Å². The summed E-state index contributed by atoms with van der Waals surface area (Å²) in [5, 5.41) is 3.79. The predicted molar refractivity (Wildman–Crippen MR) is 80.5 cm³/mol. The summed E-state index contributed by atoms with van der Waals surface area (Å²) in [5.74, 6) is 0.864. The monoisotopic (exact) mass is 268 g/mol. The van der Waals surface area contributed by atoms with E-state index in [-0.39, 0.29) is 5.54 Å². The van der Waals surface area contributed by atoms with Gasteiger partial charge >= 0.3 is 0 Å². The average molecular weight is 268 g/mol. The molecule has 0 aromatic rings. The Morgan fingerprint density at radius 1 is 1.32 bits per heavy atom. The van der Waals surface area contributed by atoms with Crippen LogP contribution in [0.25, 0.3) is 0 Å². The Kier molecular flexibility index (Phi) is 5.27. The molecule has 112 valence electrons. The fraction of sp³-hybridized carbons (Fsp3) is 1.00. The minimum absolute atomic E-state index is 0.187. The van der Waals surface area contributed by atoms with Gasteiger partial charge in [0.25, 0.3) is 0 Å². The number of hydrogen-bond acceptors (Lipinski definition) is 3. The topological polar surface area (TPSA) is 24.5 Å². The van der Waals surface area contributed by atoms with Gasteiger partial charge in [0.1, 0.15) is 0 Å². The molecule has 0 radical (unpaired) electrons. The minimum Gasteiger partial charge on any atom is -0.378 e. The summed E-state index contributed by atoms with van der Waals surface area (Å²) in [6, 6.07) is 1.36. The standard InChI is InChI=1S/C16H32N2O/c1-5-8-17-14-7-6-13(2)11-15(14)18-9-10-19-12-16(18,3)4/h13-15,17H,5-12H2,1-4H3. The van der Waals surface area contributed by atoms with Crippen molar-refractivity contribution >= 4 is 0 Å². The van der Waals surface area contributed by atoms with Gasteiger partial charge in [-0.05, 0) is 52.0 Å². The van der Waals surface area contributed by atoms with E-state index in [1.54, 1.807) is 0 Å². The molecule has 19 heavy (non-hydrogen) atoms. The molecule has 1 aliphatic carbocycles. The van der Waals surface area contributed by atoms with Gasteiger partial charge in [-0.1, -0.05) is 13.8 Å². The van der Waals surface area contributed by atoms with Crippen molar-refractivity contribution < 1.29 is 4.74 Å². The Morgan fingerprint density at radius 2 is 2.11 bits per heavy atom. The number of rotatable bonds is 4. The van der Waals surface area contributed by atoms with Crippen molar-refractivity contribution in [3.63, 3.8) is 0 Å². The molecule has 0 amide bonds. The van der Waals surface area contributed by atoms with Gasteiger partial charge in [-0.25, -0.2) is 0 Å². The largest absolute Gasteiger partial charge is 0.378 e. The van der Waals surface area contributed by atoms with E-state index < -0.39 is 0 Å². The van der Waals surface area contributed by atoms with Crippen molar-refractivity contribution in [2.45, 2.75) is 71.0 Å². The molecule has 1 N–H and O–H groups in total. The van der Waals surface area contributed by atoms with Crippen LogP contribution in [0.1, 0.15) is 53.4 Å². The molecule has 1 saturated heterocycles. The van der Waals surface area contributed by atoms with Crippen LogP contribution in [0.15, 0.2) is 0 Å². The lowest BCUT2D eigenvalue weighted by Crippen LogP contribution is -2.63. The second-order valence-electron chi connectivity index (χ2n) is 7.10. The molecule has 1 heterocycles. The van der Waals surface area contributed by atoms with Crippen LogP contribution in [-0.2, 0) is 4.74 Å². The van der Waals surface area contributed by atoms with E-state index in [1.165, 1.54) is 25.7 Å². The highest BCUT2D eigenvalue weighted by atomic mass is 16.5. The first-order valence-corrected chi connectivity index (χ1v) is 8.12. The van der Waals surface area contributed by atoms with Gasteiger partial charge in [-0.15, -0.1) is 0 Å². The van der Waals surface area contributed by atoms with E-state index in [0.29, 0.717) is 12.1 Å². The molecule has 3 unspecified atom stereocenters. The van der Waals surface area contributed by atoms with E-state index >= 15 is 0 Å². The molecule has 1 aliphatic heterocycles. The highest BCUT2D eigenvalue weighted by Crippen LogP contribution is 2.33. The first-order chi connectivity index (χ1) is 9.04. The van der Waals surface area contributed by atoms with E-state index in [4.69, 9.17) is 4.74 Å². The zero-order valence-electron chi connectivity index (χ0n) is 13.2. The van der Waals surface area contributed by atoms with Crippen LogP contribution in [0.5, 0.6) is 0 Å². The first-order valence-electron chi connectivity index (χ1n) is 8.12. The van der Waals surface area contributed by atoms with E-state index in [0.717, 1.165) is 32.2 Å². The van der Waals surface area contributed by atoms with Gasteiger partial charge < -0.3 is 10.1 Å². The Morgan fingerprint density at radius 3 is 2.79 bits per heavy atom. The number of ether oxygens (including phenoxy) is 1. The summed E-state index contributed by atoms with van der Waals surface area (Å²) < 4.78 is 5.69. The van der Waals surface area contributed by atoms with Crippen molar-refractivity contribution in [3.05, 3.63) is 0 Å². The summed E-state index contributed by atoms with van der Waals surface area (Å²) in [5.41, 5.74) is 0.187. The maximum absolute atomic E-state index is 5.69. The summed E-state index contributed by atoms with van der Waals surface area (Å²) in [6.45, 7) is 13.4. The van der Waals surface area contributed by atoms with Crippen LogP contribution in [-0.4, -0.2) is 48.8 Å². The highest BCUT2D eigenvalue weighted by Gasteiger charge is 2.40. The second-order valence-corrected chi connectivity index (χ2v) is 7.10. The third-order valence-electron chi connectivity index (χ3n) is 4.84. The van der Waals surface area contributed by atoms with E-state index in [9.17, 15) is 0 Å². The first kappa shape index (κ1) is 15.3. The average Bonchev–Trinajstić information content (AvgIpc) is 2.37. The maximum atomic E-state index is 5.69. The fourth-order valence-corrected chi connectivity index (χ4v) is 3.75. The second kappa shape index (κ2) is 6.55. The van der Waals surface area contributed by atoms with Crippen molar-refractivity contribution in [1.82, 2.24) is 10.2 Å². The van der Waals surface area contributed by atoms with Crippen molar-refractivity contribution in [3.8, 4) is 0 Å². The molecule has 3 heteroatoms. The van der Waals surface area contributed by atoms with Gasteiger partial charge in [0, 0.05) is 24.2 Å². The lowest BCUT2D eigenvalue weighted by atomic mass is 9.80. The Labute approximate surface area is 119 Å². The third kappa shape index (κ3) is 3.71. The van der Waals surface area contributed by atoms with Crippen LogP contribution in [0.4, 0.5) is 0 Å². The van der Waals surface area contributed by atoms with E-state index in [1.807, 2.05) is 0 Å². The molecule has 2 rings (SSSR count). The Hall–Kier alpha value is -0.120. The molecule has 0 aromatic carbocycles. The zero-order chi connectivity index (χ0) is 13.9. The van der Waals surface area contributed by atoms with Crippen LogP contribution < -0.4 is 5.32 Å². The van der Waals surface area contributed by atoms with Gasteiger partial charge in [0.2, 0.25) is 0 Å². The van der Waals surface area contributed by atoms with Crippen LogP contribution in [0, 0.1) is 5.92 Å². The van der Waals surface area contributed by atoms with Gasteiger partial charge in [0.15, 0.2) is 0 Å². The lowest BCUT2D eigenvalue weighted by Gasteiger charge is -2.51. The van der Waals surface area contributed by atoms with Crippen molar-refractivity contribution in [1.29, 1.82) is 0 Å². The molecular formula is C16H32N2O. The quantitative estimate of drug-likeness (QED) is 0.848. The number of morpholine rings is 1. The summed E-state index contributed by atoms with van der Waals surface area (Å²) in [4.78, 5) is 2.72. The molecule has 3 atom stereocenters. The number of nitrogens with one attached hydrogen (secondary N) is 1. The van der Waals surface area contributed by atoms with Crippen LogP contribution in [0.3, 0.4) is 0 Å². The Balaban J connectivity index is 2.07. The highest BCUT2D eigenvalue weighted by molar-refractivity contribution is 4.97. The van der Waals surface area contributed by atoms with Gasteiger partial charge in [0.05, 0.1) is 13.2 Å². The van der Waals surface area contributed by atoms with Crippen molar-refractivity contribution in [2.24, 2.45) is 5.92 Å². The maximum Gasteiger partial charge on any atom is 0.0645 e. The zero-order valence-corrected chi connectivity index (χ0v) is 13.2. The number of nitrogens with zero attached hydrogens (tertiary/aromatic N) is 1. The Bertz CT molecular complexity index is 278. The molecular weight excluding hydrogens is 236 g/mol.